The molecule has 0 radical (unpaired) electrons. The summed E-state index contributed by atoms with van der Waals surface area (Å²) in [6.07, 6.45) is 0.364. The summed E-state index contributed by atoms with van der Waals surface area (Å²) < 4.78 is 13.8. The smallest absolute Gasteiger partial charge is 0.256 e. The molecule has 0 saturated carbocycles. The number of halogens is 1. The Labute approximate surface area is 146 Å². The average Bonchev–Trinajstić information content (AvgIpc) is 2.62. The fraction of sp³-hybridized carbons (Fsp3) is 0.300. The Kier molecular flexibility index (Phi) is 5.12. The van der Waals surface area contributed by atoms with Gasteiger partial charge in [-0.15, -0.1) is 0 Å². The first kappa shape index (κ1) is 17.1. The molecule has 0 spiro atoms. The minimum atomic E-state index is -0.509. The molecular weight excluding hydrogens is 319 g/mol. The number of hydrogen-bond acceptors (Lipinski definition) is 2. The van der Waals surface area contributed by atoms with Crippen molar-refractivity contribution in [2.75, 3.05) is 26.2 Å². The highest BCUT2D eigenvalue weighted by molar-refractivity contribution is 5.94. The van der Waals surface area contributed by atoms with Gasteiger partial charge in [-0.25, -0.2) is 4.39 Å². The molecule has 1 saturated heterocycles. The molecule has 4 nitrogen and oxygen atoms in total. The lowest BCUT2D eigenvalue weighted by Gasteiger charge is -2.35. The van der Waals surface area contributed by atoms with Crippen molar-refractivity contribution < 1.29 is 14.0 Å². The molecule has 1 aliphatic heterocycles. The molecule has 2 aromatic carbocycles. The Morgan fingerprint density at radius 1 is 0.960 bits per heavy atom. The maximum absolute atomic E-state index is 13.8. The predicted molar refractivity (Wildman–Crippen MR) is 93.8 cm³/mol. The number of hydrogen-bond donors (Lipinski definition) is 0. The second-order valence-corrected chi connectivity index (χ2v) is 6.32. The van der Waals surface area contributed by atoms with Gasteiger partial charge in [-0.1, -0.05) is 42.0 Å². The summed E-state index contributed by atoms with van der Waals surface area (Å²) >= 11 is 0. The molecular formula is C20H21FN2O2. The molecule has 25 heavy (non-hydrogen) atoms. The van der Waals surface area contributed by atoms with Gasteiger partial charge in [-0.2, -0.15) is 0 Å². The minimum Gasteiger partial charge on any atom is -0.339 e. The van der Waals surface area contributed by atoms with E-state index in [4.69, 9.17) is 0 Å². The molecule has 1 heterocycles. The number of benzene rings is 2. The Bertz CT molecular complexity index is 783. The van der Waals surface area contributed by atoms with Crippen LogP contribution in [0.3, 0.4) is 0 Å². The van der Waals surface area contributed by atoms with Gasteiger partial charge < -0.3 is 9.80 Å². The number of piperazine rings is 1. The van der Waals surface area contributed by atoms with Gasteiger partial charge in [-0.05, 0) is 24.6 Å². The highest BCUT2D eigenvalue weighted by Gasteiger charge is 2.26. The first-order valence-electron chi connectivity index (χ1n) is 8.42. The van der Waals surface area contributed by atoms with Gasteiger partial charge in [0, 0.05) is 26.2 Å². The molecule has 2 amide bonds. The Morgan fingerprint density at radius 2 is 1.64 bits per heavy atom. The van der Waals surface area contributed by atoms with Crippen LogP contribution in [0.1, 0.15) is 21.5 Å². The van der Waals surface area contributed by atoms with Gasteiger partial charge >= 0.3 is 0 Å². The van der Waals surface area contributed by atoms with E-state index >= 15 is 0 Å². The van der Waals surface area contributed by atoms with E-state index in [-0.39, 0.29) is 17.4 Å². The third-order valence-electron chi connectivity index (χ3n) is 4.46. The van der Waals surface area contributed by atoms with E-state index in [1.165, 1.54) is 12.1 Å². The fourth-order valence-electron chi connectivity index (χ4n) is 3.07. The van der Waals surface area contributed by atoms with Gasteiger partial charge in [0.05, 0.1) is 12.0 Å². The maximum atomic E-state index is 13.8. The molecule has 0 N–H and O–H groups in total. The van der Waals surface area contributed by atoms with Crippen LogP contribution in [-0.2, 0) is 11.2 Å². The van der Waals surface area contributed by atoms with Gasteiger partial charge in [0.15, 0.2) is 0 Å². The van der Waals surface area contributed by atoms with Crippen molar-refractivity contribution in [2.45, 2.75) is 13.3 Å². The van der Waals surface area contributed by atoms with E-state index in [0.29, 0.717) is 32.6 Å². The molecule has 0 bridgehead atoms. The lowest BCUT2D eigenvalue weighted by molar-refractivity contribution is -0.131. The predicted octanol–water partition coefficient (Wildman–Crippen LogP) is 2.66. The number of rotatable bonds is 3. The van der Waals surface area contributed by atoms with E-state index in [2.05, 4.69) is 0 Å². The molecule has 0 unspecified atom stereocenters. The molecule has 1 fully saturated rings. The quantitative estimate of drug-likeness (QED) is 0.862. The van der Waals surface area contributed by atoms with Crippen LogP contribution in [0.15, 0.2) is 48.5 Å². The third kappa shape index (κ3) is 4.05. The molecule has 2 aromatic rings. The van der Waals surface area contributed by atoms with Crippen LogP contribution in [0, 0.1) is 12.7 Å². The maximum Gasteiger partial charge on any atom is 0.256 e. The van der Waals surface area contributed by atoms with Crippen molar-refractivity contribution in [1.82, 2.24) is 9.80 Å². The number of aryl methyl sites for hydroxylation is 1. The number of nitrogens with zero attached hydrogens (tertiary/aromatic N) is 2. The van der Waals surface area contributed by atoms with Crippen molar-refractivity contribution in [2.24, 2.45) is 0 Å². The standard InChI is InChI=1S/C20H21FN2O2/c1-15-5-4-6-16(13-15)14-19(24)22-9-11-23(12-10-22)20(25)17-7-2-3-8-18(17)21/h2-8,13H,9-12,14H2,1H3. The lowest BCUT2D eigenvalue weighted by Crippen LogP contribution is -2.51. The van der Waals surface area contributed by atoms with Crippen molar-refractivity contribution in [3.8, 4) is 0 Å². The molecule has 5 heteroatoms. The zero-order valence-corrected chi connectivity index (χ0v) is 14.2. The Balaban J connectivity index is 1.57. The molecule has 1 aliphatic rings. The third-order valence-corrected chi connectivity index (χ3v) is 4.46. The highest BCUT2D eigenvalue weighted by Crippen LogP contribution is 2.13. The van der Waals surface area contributed by atoms with Crippen LogP contribution in [0.2, 0.25) is 0 Å². The molecule has 0 aliphatic carbocycles. The van der Waals surface area contributed by atoms with Crippen molar-refractivity contribution in [3.05, 3.63) is 71.0 Å². The van der Waals surface area contributed by atoms with Crippen molar-refractivity contribution in [3.63, 3.8) is 0 Å². The topological polar surface area (TPSA) is 40.6 Å². The normalized spacial score (nSPS) is 14.5. The molecule has 0 atom stereocenters. The monoisotopic (exact) mass is 340 g/mol. The zero-order chi connectivity index (χ0) is 17.8. The first-order chi connectivity index (χ1) is 12.0. The summed E-state index contributed by atoms with van der Waals surface area (Å²) in [6.45, 7) is 3.80. The highest BCUT2D eigenvalue weighted by atomic mass is 19.1. The number of carbonyl (C=O) groups is 2. The molecule has 130 valence electrons. The fourth-order valence-corrected chi connectivity index (χ4v) is 3.07. The SMILES string of the molecule is Cc1cccc(CC(=O)N2CCN(C(=O)c3ccccc3F)CC2)c1. The van der Waals surface area contributed by atoms with Crippen LogP contribution in [0.4, 0.5) is 4.39 Å². The number of carbonyl (C=O) groups excluding carboxylic acids is 2. The van der Waals surface area contributed by atoms with E-state index in [0.717, 1.165) is 11.1 Å². The summed E-state index contributed by atoms with van der Waals surface area (Å²) in [6, 6.07) is 13.9. The van der Waals surface area contributed by atoms with Crippen LogP contribution >= 0.6 is 0 Å². The second-order valence-electron chi connectivity index (χ2n) is 6.32. The van der Waals surface area contributed by atoms with Crippen LogP contribution in [-0.4, -0.2) is 47.8 Å². The zero-order valence-electron chi connectivity index (χ0n) is 14.2. The minimum absolute atomic E-state index is 0.0589. The van der Waals surface area contributed by atoms with Crippen LogP contribution < -0.4 is 0 Å². The molecule has 0 aromatic heterocycles. The summed E-state index contributed by atoms with van der Waals surface area (Å²) in [5.74, 6) is -0.766. The second kappa shape index (κ2) is 7.47. The molecule has 3 rings (SSSR count). The Morgan fingerprint density at radius 3 is 2.32 bits per heavy atom. The van der Waals surface area contributed by atoms with E-state index < -0.39 is 5.82 Å². The Hall–Kier alpha value is -2.69. The summed E-state index contributed by atoms with van der Waals surface area (Å²) in [7, 11) is 0. The van der Waals surface area contributed by atoms with Gasteiger partial charge in [0.2, 0.25) is 5.91 Å². The van der Waals surface area contributed by atoms with Crippen LogP contribution in [0.25, 0.3) is 0 Å². The summed E-state index contributed by atoms with van der Waals surface area (Å²) in [5, 5.41) is 0. The van der Waals surface area contributed by atoms with Gasteiger partial charge in [0.25, 0.3) is 5.91 Å². The first-order valence-corrected chi connectivity index (χ1v) is 8.42. The lowest BCUT2D eigenvalue weighted by atomic mass is 10.1. The van der Waals surface area contributed by atoms with E-state index in [9.17, 15) is 14.0 Å². The van der Waals surface area contributed by atoms with E-state index in [1.54, 1.807) is 21.9 Å². The number of amides is 2. The average molecular weight is 340 g/mol. The van der Waals surface area contributed by atoms with Crippen molar-refractivity contribution in [1.29, 1.82) is 0 Å². The van der Waals surface area contributed by atoms with Gasteiger partial charge in [-0.3, -0.25) is 9.59 Å². The largest absolute Gasteiger partial charge is 0.339 e. The summed E-state index contributed by atoms with van der Waals surface area (Å²) in [5.41, 5.74) is 2.21. The van der Waals surface area contributed by atoms with Crippen molar-refractivity contribution >= 4 is 11.8 Å². The van der Waals surface area contributed by atoms with Crippen LogP contribution in [0.5, 0.6) is 0 Å². The summed E-state index contributed by atoms with van der Waals surface area (Å²) in [4.78, 5) is 28.2. The van der Waals surface area contributed by atoms with Gasteiger partial charge in [0.1, 0.15) is 5.82 Å². The van der Waals surface area contributed by atoms with E-state index in [1.807, 2.05) is 31.2 Å².